The third-order valence-electron chi connectivity index (χ3n) is 4.57. The van der Waals surface area contributed by atoms with Crippen LogP contribution in [-0.4, -0.2) is 58.7 Å². The summed E-state index contributed by atoms with van der Waals surface area (Å²) in [5.74, 6) is 0.425. The normalized spacial score (nSPS) is 26.6. The van der Waals surface area contributed by atoms with Crippen molar-refractivity contribution in [3.05, 3.63) is 0 Å². The molecule has 7 heteroatoms. The number of nitrogens with two attached hydrogens (primary N) is 1. The molecule has 1 unspecified atom stereocenters. The van der Waals surface area contributed by atoms with E-state index in [1.807, 2.05) is 11.2 Å². The van der Waals surface area contributed by atoms with Gasteiger partial charge in [-0.2, -0.15) is 11.8 Å². The number of ether oxygens (including phenoxy) is 1. The quantitative estimate of drug-likeness (QED) is 0.354. The summed E-state index contributed by atoms with van der Waals surface area (Å²) in [6, 6.07) is 0. The van der Waals surface area contributed by atoms with Crippen LogP contribution in [0.25, 0.3) is 0 Å². The molecule has 0 aromatic carbocycles. The zero-order valence-electron chi connectivity index (χ0n) is 12.6. The van der Waals surface area contributed by atoms with Crippen molar-refractivity contribution in [3.8, 4) is 0 Å². The minimum atomic E-state index is -0.340. The molecular weight excluding hydrogens is 290 g/mol. The Hall–Kier alpha value is -0.950. The number of hydrogen-bond acceptors (Lipinski definition) is 5. The van der Waals surface area contributed by atoms with Crippen LogP contribution in [0.5, 0.6) is 0 Å². The van der Waals surface area contributed by atoms with E-state index >= 15 is 0 Å². The number of hydrogen-bond donors (Lipinski definition) is 2. The van der Waals surface area contributed by atoms with Gasteiger partial charge in [-0.15, -0.1) is 0 Å². The van der Waals surface area contributed by atoms with E-state index < -0.39 is 0 Å². The van der Waals surface area contributed by atoms with Crippen LogP contribution in [0.4, 0.5) is 0 Å². The predicted molar refractivity (Wildman–Crippen MR) is 83.7 cm³/mol. The molecule has 3 N–H and O–H groups in total. The van der Waals surface area contributed by atoms with Crippen molar-refractivity contribution in [2.75, 3.05) is 26.0 Å². The largest absolute Gasteiger partial charge is 0.409 e. The van der Waals surface area contributed by atoms with Crippen LogP contribution in [0, 0.1) is 0 Å². The topological polar surface area (TPSA) is 88.2 Å². The van der Waals surface area contributed by atoms with Crippen molar-refractivity contribution in [2.24, 2.45) is 10.9 Å². The number of nitrogens with zero attached hydrogens (tertiary/aromatic N) is 2. The van der Waals surface area contributed by atoms with Gasteiger partial charge in [0.1, 0.15) is 0 Å². The minimum absolute atomic E-state index is 0.0857. The van der Waals surface area contributed by atoms with Crippen molar-refractivity contribution in [3.63, 3.8) is 0 Å². The van der Waals surface area contributed by atoms with Crippen molar-refractivity contribution in [1.29, 1.82) is 0 Å². The molecule has 0 saturated carbocycles. The number of amides is 1. The van der Waals surface area contributed by atoms with Crippen LogP contribution in [0.2, 0.25) is 0 Å². The first-order valence-electron chi connectivity index (χ1n) is 7.54. The maximum Gasteiger partial charge on any atom is 0.225 e. The maximum atomic E-state index is 12.3. The van der Waals surface area contributed by atoms with Crippen LogP contribution in [0.1, 0.15) is 38.5 Å². The summed E-state index contributed by atoms with van der Waals surface area (Å²) in [7, 11) is 0. The molecule has 2 saturated heterocycles. The first-order valence-corrected chi connectivity index (χ1v) is 8.76. The van der Waals surface area contributed by atoms with Crippen LogP contribution in [0.3, 0.4) is 0 Å². The predicted octanol–water partition coefficient (Wildman–Crippen LogP) is 1.42. The number of carbonyl (C=O) groups excluding carboxylic acids is 1. The van der Waals surface area contributed by atoms with Crippen LogP contribution >= 0.6 is 11.8 Å². The smallest absolute Gasteiger partial charge is 0.225 e. The zero-order valence-corrected chi connectivity index (χ0v) is 13.4. The number of thioether (sulfide) groups is 1. The Balaban J connectivity index is 1.86. The first kappa shape index (κ1) is 16.4. The number of likely N-dealkylation sites (tertiary alicyclic amines) is 1. The number of oxime groups is 1. The van der Waals surface area contributed by atoms with E-state index in [0.717, 1.165) is 38.7 Å². The molecule has 0 bridgehead atoms. The number of piperidine rings is 1. The van der Waals surface area contributed by atoms with Gasteiger partial charge in [0.05, 0.1) is 17.3 Å². The van der Waals surface area contributed by atoms with Crippen LogP contribution < -0.4 is 5.73 Å². The third-order valence-corrected chi connectivity index (χ3v) is 5.96. The highest BCUT2D eigenvalue weighted by Gasteiger charge is 2.39. The van der Waals surface area contributed by atoms with E-state index in [4.69, 9.17) is 15.7 Å². The molecule has 1 amide bonds. The average Bonchev–Trinajstić information content (AvgIpc) is 2.55. The van der Waals surface area contributed by atoms with Crippen molar-refractivity contribution < 1.29 is 14.7 Å². The fraction of sp³-hybridized carbons (Fsp3) is 0.857. The highest BCUT2D eigenvalue weighted by molar-refractivity contribution is 8.00. The Morgan fingerprint density at radius 2 is 2.19 bits per heavy atom. The molecule has 6 nitrogen and oxygen atoms in total. The fourth-order valence-corrected chi connectivity index (χ4v) is 3.91. The standard InChI is InChI=1S/C14H25N3O3S/c1-21-14(13(15)16-19)5-7-17(8-6-14)12(18)10-11-4-2-3-9-20-11/h11,19H,2-10H2,1H3,(H2,15,16). The molecule has 0 aromatic heterocycles. The second-order valence-electron chi connectivity index (χ2n) is 5.76. The summed E-state index contributed by atoms with van der Waals surface area (Å²) < 4.78 is 5.29. The van der Waals surface area contributed by atoms with Gasteiger partial charge in [-0.3, -0.25) is 4.79 Å². The van der Waals surface area contributed by atoms with Gasteiger partial charge in [-0.05, 0) is 38.4 Å². The molecule has 21 heavy (non-hydrogen) atoms. The third kappa shape index (κ3) is 3.83. The Bertz CT molecular complexity index is 389. The Morgan fingerprint density at radius 3 is 2.71 bits per heavy atom. The summed E-state index contributed by atoms with van der Waals surface area (Å²) in [6.07, 6.45) is 7.21. The lowest BCUT2D eigenvalue weighted by atomic mass is 9.94. The van der Waals surface area contributed by atoms with Crippen LogP contribution in [0.15, 0.2) is 5.16 Å². The molecule has 1 atom stereocenters. The number of amidine groups is 1. The molecule has 120 valence electrons. The molecule has 0 aliphatic carbocycles. The van der Waals surface area contributed by atoms with Gasteiger partial charge in [0, 0.05) is 19.7 Å². The van der Waals surface area contributed by atoms with Crippen molar-refractivity contribution in [1.82, 2.24) is 4.90 Å². The molecule has 2 rings (SSSR count). The summed E-state index contributed by atoms with van der Waals surface area (Å²) in [5, 5.41) is 12.1. The van der Waals surface area contributed by atoms with E-state index in [0.29, 0.717) is 19.5 Å². The number of carbonyl (C=O) groups is 1. The van der Waals surface area contributed by atoms with Gasteiger partial charge in [0.25, 0.3) is 0 Å². The van der Waals surface area contributed by atoms with Gasteiger partial charge in [-0.25, -0.2) is 0 Å². The van der Waals surface area contributed by atoms with Crippen LogP contribution in [-0.2, 0) is 9.53 Å². The summed E-state index contributed by atoms with van der Waals surface area (Å²) >= 11 is 1.60. The fourth-order valence-electron chi connectivity index (χ4n) is 3.07. The second kappa shape index (κ2) is 7.35. The van der Waals surface area contributed by atoms with Gasteiger partial charge in [-0.1, -0.05) is 5.16 Å². The van der Waals surface area contributed by atoms with E-state index in [1.54, 1.807) is 11.8 Å². The van der Waals surface area contributed by atoms with Crippen molar-refractivity contribution >= 4 is 23.5 Å². The monoisotopic (exact) mass is 315 g/mol. The molecule has 0 spiro atoms. The summed E-state index contributed by atoms with van der Waals surface area (Å²) in [4.78, 5) is 14.2. The lowest BCUT2D eigenvalue weighted by molar-refractivity contribution is -0.136. The molecule has 2 heterocycles. The van der Waals surface area contributed by atoms with E-state index in [1.165, 1.54) is 0 Å². The van der Waals surface area contributed by atoms with E-state index in [2.05, 4.69) is 5.16 Å². The Morgan fingerprint density at radius 1 is 1.48 bits per heavy atom. The maximum absolute atomic E-state index is 12.3. The first-order chi connectivity index (χ1) is 10.1. The molecule has 0 aromatic rings. The molecule has 2 aliphatic rings. The molecular formula is C14H25N3O3S. The molecule has 0 radical (unpaired) electrons. The van der Waals surface area contributed by atoms with Gasteiger partial charge in [0.15, 0.2) is 5.84 Å². The Kier molecular flexibility index (Phi) is 5.75. The SMILES string of the molecule is CSC1(C(N)=NO)CCN(C(=O)CC2CCCCO2)CC1. The van der Waals surface area contributed by atoms with Gasteiger partial charge in [0.2, 0.25) is 5.91 Å². The molecule has 2 aliphatic heterocycles. The van der Waals surface area contributed by atoms with E-state index in [-0.39, 0.29) is 22.6 Å². The number of rotatable bonds is 4. The molecule has 2 fully saturated rings. The zero-order chi connectivity index (χ0) is 15.3. The minimum Gasteiger partial charge on any atom is -0.409 e. The van der Waals surface area contributed by atoms with Gasteiger partial charge < -0.3 is 20.6 Å². The highest BCUT2D eigenvalue weighted by atomic mass is 32.2. The Labute approximate surface area is 130 Å². The lowest BCUT2D eigenvalue weighted by Crippen LogP contribution is -2.51. The van der Waals surface area contributed by atoms with Crippen molar-refractivity contribution in [2.45, 2.75) is 49.4 Å². The lowest BCUT2D eigenvalue weighted by Gasteiger charge is -2.40. The van der Waals surface area contributed by atoms with Gasteiger partial charge >= 0.3 is 0 Å². The summed E-state index contributed by atoms with van der Waals surface area (Å²) in [6.45, 7) is 2.09. The highest BCUT2D eigenvalue weighted by Crippen LogP contribution is 2.35. The average molecular weight is 315 g/mol. The summed E-state index contributed by atoms with van der Waals surface area (Å²) in [5.41, 5.74) is 5.82. The van der Waals surface area contributed by atoms with E-state index in [9.17, 15) is 4.79 Å². The second-order valence-corrected chi connectivity index (χ2v) is 6.95.